The van der Waals surface area contributed by atoms with E-state index in [4.69, 9.17) is 0 Å². The van der Waals surface area contributed by atoms with E-state index in [1.54, 1.807) is 0 Å². The number of hydrogen-bond donors (Lipinski definition) is 0. The first-order chi connectivity index (χ1) is 6.42. The Bertz CT molecular complexity index is 430. The van der Waals surface area contributed by atoms with Gasteiger partial charge < -0.3 is 0 Å². The molecule has 0 aromatic heterocycles. The highest BCUT2D eigenvalue weighted by molar-refractivity contribution is 5.83. The zero-order valence-corrected chi connectivity index (χ0v) is 7.07. The molecule has 1 radical (unpaired) electrons. The SMILES string of the molecule is [C]1=NC23C=CC=CC2=CC=CC3=C1. The van der Waals surface area contributed by atoms with Crippen LogP contribution in [0.25, 0.3) is 0 Å². The minimum Gasteiger partial charge on any atom is -0.263 e. The highest BCUT2D eigenvalue weighted by Gasteiger charge is 2.36. The fourth-order valence-electron chi connectivity index (χ4n) is 1.93. The zero-order valence-electron chi connectivity index (χ0n) is 7.07. The Morgan fingerprint density at radius 2 is 2.00 bits per heavy atom. The van der Waals surface area contributed by atoms with Gasteiger partial charge >= 0.3 is 0 Å². The molecule has 0 aromatic carbocycles. The summed E-state index contributed by atoms with van der Waals surface area (Å²) in [5.41, 5.74) is 2.21. The van der Waals surface area contributed by atoms with E-state index < -0.39 is 0 Å². The lowest BCUT2D eigenvalue weighted by atomic mass is 9.78. The van der Waals surface area contributed by atoms with Gasteiger partial charge in [-0.1, -0.05) is 36.5 Å². The average molecular weight is 166 g/mol. The molecule has 1 heteroatoms. The summed E-state index contributed by atoms with van der Waals surface area (Å²) >= 11 is 0. The second kappa shape index (κ2) is 2.19. The van der Waals surface area contributed by atoms with Crippen LogP contribution < -0.4 is 0 Å². The van der Waals surface area contributed by atoms with Crippen molar-refractivity contribution in [2.24, 2.45) is 4.99 Å². The van der Waals surface area contributed by atoms with Crippen molar-refractivity contribution in [1.29, 1.82) is 0 Å². The van der Waals surface area contributed by atoms with Crippen molar-refractivity contribution in [3.63, 3.8) is 0 Å². The standard InChI is InChI=1S/C12H8N/c1-2-8-12-10(4-1)5-3-6-11(12)7-9-13-12/h1-8H. The fraction of sp³-hybridized carbons (Fsp3) is 0.0833. The van der Waals surface area contributed by atoms with Crippen LogP contribution >= 0.6 is 0 Å². The second-order valence-electron chi connectivity index (χ2n) is 3.31. The number of aliphatic imine (C=N–C) groups is 1. The molecule has 0 saturated carbocycles. The number of allylic oxidation sites excluding steroid dienone is 5. The third kappa shape index (κ3) is 0.738. The van der Waals surface area contributed by atoms with Crippen LogP contribution in [0.2, 0.25) is 0 Å². The number of nitrogens with zero attached hydrogens (tertiary/aromatic N) is 1. The zero-order chi connectivity index (χ0) is 8.73. The van der Waals surface area contributed by atoms with Crippen molar-refractivity contribution in [3.8, 4) is 0 Å². The van der Waals surface area contributed by atoms with Gasteiger partial charge in [-0.2, -0.15) is 0 Å². The molecule has 0 N–H and O–H groups in total. The maximum Gasteiger partial charge on any atom is 0.130 e. The van der Waals surface area contributed by atoms with E-state index in [9.17, 15) is 0 Å². The molecular formula is C12H8N. The van der Waals surface area contributed by atoms with Crippen molar-refractivity contribution in [2.75, 3.05) is 0 Å². The van der Waals surface area contributed by atoms with E-state index >= 15 is 0 Å². The highest BCUT2D eigenvalue weighted by atomic mass is 14.9. The molecule has 1 spiro atoms. The van der Waals surface area contributed by atoms with E-state index in [0.717, 1.165) is 0 Å². The predicted molar refractivity (Wildman–Crippen MR) is 53.8 cm³/mol. The minimum atomic E-state index is -0.233. The molecule has 0 aromatic rings. The van der Waals surface area contributed by atoms with Gasteiger partial charge in [0.1, 0.15) is 5.54 Å². The first kappa shape index (κ1) is 6.84. The van der Waals surface area contributed by atoms with Crippen molar-refractivity contribution < 1.29 is 0 Å². The summed E-state index contributed by atoms with van der Waals surface area (Å²) in [6.45, 7) is 0. The Kier molecular flexibility index (Phi) is 1.15. The topological polar surface area (TPSA) is 12.4 Å². The van der Waals surface area contributed by atoms with Crippen LogP contribution in [0.3, 0.4) is 0 Å². The average Bonchev–Trinajstić information content (AvgIpc) is 2.58. The van der Waals surface area contributed by atoms with Gasteiger partial charge in [-0.25, -0.2) is 0 Å². The summed E-state index contributed by atoms with van der Waals surface area (Å²) in [5.74, 6) is 0. The van der Waals surface area contributed by atoms with Gasteiger partial charge in [-0.3, -0.25) is 4.99 Å². The summed E-state index contributed by atoms with van der Waals surface area (Å²) in [4.78, 5) is 4.41. The van der Waals surface area contributed by atoms with E-state index in [-0.39, 0.29) is 5.54 Å². The monoisotopic (exact) mass is 166 g/mol. The van der Waals surface area contributed by atoms with Crippen LogP contribution in [0.15, 0.2) is 64.7 Å². The quantitative estimate of drug-likeness (QED) is 0.523. The van der Waals surface area contributed by atoms with Crippen LogP contribution in [0.1, 0.15) is 0 Å². The molecule has 61 valence electrons. The second-order valence-corrected chi connectivity index (χ2v) is 3.31. The van der Waals surface area contributed by atoms with Gasteiger partial charge in [0.2, 0.25) is 0 Å². The largest absolute Gasteiger partial charge is 0.263 e. The lowest BCUT2D eigenvalue weighted by molar-refractivity contribution is 0.763. The molecule has 1 aliphatic heterocycles. The van der Waals surface area contributed by atoms with Gasteiger partial charge in [-0.05, 0) is 23.3 Å². The maximum absolute atomic E-state index is 4.41. The van der Waals surface area contributed by atoms with Gasteiger partial charge in [0.25, 0.3) is 0 Å². The normalized spacial score (nSPS) is 32.6. The summed E-state index contributed by atoms with van der Waals surface area (Å²) in [5, 5.41) is 0. The molecule has 1 atom stereocenters. The van der Waals surface area contributed by atoms with Crippen LogP contribution in [0.4, 0.5) is 0 Å². The Morgan fingerprint density at radius 3 is 3.00 bits per heavy atom. The molecule has 2 aliphatic carbocycles. The highest BCUT2D eigenvalue weighted by Crippen LogP contribution is 2.40. The lowest BCUT2D eigenvalue weighted by Crippen LogP contribution is -2.28. The molecule has 13 heavy (non-hydrogen) atoms. The van der Waals surface area contributed by atoms with Crippen molar-refractivity contribution >= 4 is 6.21 Å². The van der Waals surface area contributed by atoms with Gasteiger partial charge in [0.05, 0.1) is 6.21 Å². The van der Waals surface area contributed by atoms with E-state index in [1.165, 1.54) is 11.1 Å². The summed E-state index contributed by atoms with van der Waals surface area (Å²) < 4.78 is 0. The summed E-state index contributed by atoms with van der Waals surface area (Å²) in [7, 11) is 0. The third-order valence-corrected chi connectivity index (χ3v) is 2.62. The lowest BCUT2D eigenvalue weighted by Gasteiger charge is -2.30. The molecule has 1 heterocycles. The molecule has 0 saturated heterocycles. The maximum atomic E-state index is 4.41. The Hall–Kier alpha value is -1.63. The summed E-state index contributed by atoms with van der Waals surface area (Å²) in [6.07, 6.45) is 19.5. The van der Waals surface area contributed by atoms with E-state index in [0.29, 0.717) is 0 Å². The van der Waals surface area contributed by atoms with Crippen molar-refractivity contribution in [3.05, 3.63) is 59.8 Å². The van der Waals surface area contributed by atoms with Crippen molar-refractivity contribution in [1.82, 2.24) is 0 Å². The van der Waals surface area contributed by atoms with Gasteiger partial charge in [0.15, 0.2) is 0 Å². The first-order valence-corrected chi connectivity index (χ1v) is 4.35. The molecule has 0 amide bonds. The van der Waals surface area contributed by atoms with Crippen LogP contribution in [0.5, 0.6) is 0 Å². The number of hydrogen-bond acceptors (Lipinski definition) is 1. The van der Waals surface area contributed by atoms with E-state index in [2.05, 4.69) is 41.6 Å². The smallest absolute Gasteiger partial charge is 0.130 e. The molecule has 3 aliphatic rings. The molecule has 1 nitrogen and oxygen atoms in total. The summed E-state index contributed by atoms with van der Waals surface area (Å²) in [6, 6.07) is 0. The predicted octanol–water partition coefficient (Wildman–Crippen LogP) is 2.24. The third-order valence-electron chi connectivity index (χ3n) is 2.62. The Balaban J connectivity index is 2.28. The van der Waals surface area contributed by atoms with Crippen molar-refractivity contribution in [2.45, 2.75) is 5.54 Å². The first-order valence-electron chi connectivity index (χ1n) is 4.35. The van der Waals surface area contributed by atoms with Gasteiger partial charge in [0, 0.05) is 0 Å². The van der Waals surface area contributed by atoms with Gasteiger partial charge in [-0.15, -0.1) is 0 Å². The molecular weight excluding hydrogens is 158 g/mol. The molecule has 0 bridgehead atoms. The Labute approximate surface area is 77.2 Å². The minimum absolute atomic E-state index is 0.233. The van der Waals surface area contributed by atoms with Crippen LogP contribution in [-0.2, 0) is 0 Å². The van der Waals surface area contributed by atoms with Crippen LogP contribution in [-0.4, -0.2) is 11.8 Å². The molecule has 3 rings (SSSR count). The number of rotatable bonds is 0. The van der Waals surface area contributed by atoms with Crippen LogP contribution in [0, 0.1) is 0 Å². The van der Waals surface area contributed by atoms with E-state index in [1.807, 2.05) is 18.2 Å². The molecule has 1 unspecified atom stereocenters. The molecule has 0 fully saturated rings. The Morgan fingerprint density at radius 1 is 1.08 bits per heavy atom. The fourth-order valence-corrected chi connectivity index (χ4v) is 1.93.